The molecule has 0 unspecified atom stereocenters. The highest BCUT2D eigenvalue weighted by Gasteiger charge is 2.31. The molecule has 3 aromatic rings. The molecule has 0 spiro atoms. The number of rotatable bonds is 5. The molecule has 0 bridgehead atoms. The number of aromatic nitrogens is 2. The predicted octanol–water partition coefficient (Wildman–Crippen LogP) is 5.03. The second kappa shape index (κ2) is 7.22. The molecule has 27 heavy (non-hydrogen) atoms. The Bertz CT molecular complexity index is 902. The lowest BCUT2D eigenvalue weighted by Crippen LogP contribution is -2.20. The Morgan fingerprint density at radius 2 is 2.00 bits per heavy atom. The molecule has 0 saturated carbocycles. The van der Waals surface area contributed by atoms with Crippen LogP contribution in [0.3, 0.4) is 0 Å². The molecule has 1 aromatic carbocycles. The van der Waals surface area contributed by atoms with Crippen LogP contribution in [-0.4, -0.2) is 23.2 Å². The van der Waals surface area contributed by atoms with E-state index in [4.69, 9.17) is 4.52 Å². The van der Waals surface area contributed by atoms with Crippen LogP contribution in [0.1, 0.15) is 24.3 Å². The van der Waals surface area contributed by atoms with Crippen LogP contribution in [0, 0.1) is 0 Å². The Balaban J connectivity index is 1.56. The number of nitrogens with zero attached hydrogens (tertiary/aromatic N) is 3. The smallest absolute Gasteiger partial charge is 0.374 e. The molecular weight excluding hydrogens is 377 g/mol. The van der Waals surface area contributed by atoms with Gasteiger partial charge in [0.25, 0.3) is 0 Å². The van der Waals surface area contributed by atoms with Crippen molar-refractivity contribution in [1.29, 1.82) is 0 Å². The van der Waals surface area contributed by atoms with E-state index in [0.29, 0.717) is 17.4 Å². The largest absolute Gasteiger partial charge is 0.416 e. The van der Waals surface area contributed by atoms with Crippen molar-refractivity contribution in [2.75, 3.05) is 23.3 Å². The number of thiophene rings is 1. The monoisotopic (exact) mass is 394 g/mol. The number of anilines is 2. The Labute approximate surface area is 157 Å². The van der Waals surface area contributed by atoms with Crippen molar-refractivity contribution in [2.24, 2.45) is 0 Å². The van der Waals surface area contributed by atoms with Crippen LogP contribution in [0.5, 0.6) is 0 Å². The van der Waals surface area contributed by atoms with Crippen molar-refractivity contribution in [3.63, 3.8) is 0 Å². The third-order valence-electron chi connectivity index (χ3n) is 4.45. The van der Waals surface area contributed by atoms with Gasteiger partial charge in [0.05, 0.1) is 23.5 Å². The lowest BCUT2D eigenvalue weighted by atomic mass is 10.1. The molecule has 1 saturated heterocycles. The molecule has 0 aliphatic carbocycles. The second-order valence-corrected chi connectivity index (χ2v) is 7.08. The Morgan fingerprint density at radius 1 is 1.19 bits per heavy atom. The standard InChI is InChI=1S/C18H17F3N4OS/c19-18(20,21)13-3-4-15(25-6-1-2-7-25)14(9-13)22-10-16-23-17(24-26-16)12-5-8-27-11-12/h3-5,8-9,11,22H,1-2,6-7,10H2. The minimum Gasteiger partial charge on any atom is -0.374 e. The third-order valence-corrected chi connectivity index (χ3v) is 5.13. The third kappa shape index (κ3) is 3.92. The van der Waals surface area contributed by atoms with Gasteiger partial charge in [-0.2, -0.15) is 29.5 Å². The summed E-state index contributed by atoms with van der Waals surface area (Å²) in [6, 6.07) is 5.68. The summed E-state index contributed by atoms with van der Waals surface area (Å²) in [5.74, 6) is 0.790. The molecule has 2 aromatic heterocycles. The number of halogens is 3. The molecule has 1 N–H and O–H groups in total. The molecule has 5 nitrogen and oxygen atoms in total. The first-order chi connectivity index (χ1) is 13.0. The highest BCUT2D eigenvalue weighted by Crippen LogP contribution is 2.36. The minimum absolute atomic E-state index is 0.152. The van der Waals surface area contributed by atoms with Crippen molar-refractivity contribution in [1.82, 2.24) is 10.1 Å². The number of nitrogens with one attached hydrogen (secondary N) is 1. The van der Waals surface area contributed by atoms with Gasteiger partial charge >= 0.3 is 6.18 Å². The zero-order chi connectivity index (χ0) is 18.9. The lowest BCUT2D eigenvalue weighted by molar-refractivity contribution is -0.137. The molecule has 1 aliphatic heterocycles. The van der Waals surface area contributed by atoms with Gasteiger partial charge in [-0.15, -0.1) is 0 Å². The molecule has 1 fully saturated rings. The molecule has 4 rings (SSSR count). The summed E-state index contributed by atoms with van der Waals surface area (Å²) in [7, 11) is 0. The second-order valence-electron chi connectivity index (χ2n) is 6.30. The van der Waals surface area contributed by atoms with E-state index in [1.807, 2.05) is 16.8 Å². The predicted molar refractivity (Wildman–Crippen MR) is 97.8 cm³/mol. The summed E-state index contributed by atoms with van der Waals surface area (Å²) >= 11 is 1.52. The maximum absolute atomic E-state index is 13.1. The zero-order valence-corrected chi connectivity index (χ0v) is 15.1. The summed E-state index contributed by atoms with van der Waals surface area (Å²) in [5.41, 5.74) is 1.35. The van der Waals surface area contributed by atoms with Gasteiger partial charge in [0, 0.05) is 24.0 Å². The maximum atomic E-state index is 13.1. The summed E-state index contributed by atoms with van der Waals surface area (Å²) < 4.78 is 44.6. The average molecular weight is 394 g/mol. The van der Waals surface area contributed by atoms with Crippen molar-refractivity contribution < 1.29 is 17.7 Å². The number of hydrogen-bond donors (Lipinski definition) is 1. The van der Waals surface area contributed by atoms with E-state index in [2.05, 4.69) is 20.4 Å². The summed E-state index contributed by atoms with van der Waals surface area (Å²) in [5, 5.41) is 10.8. The van der Waals surface area contributed by atoms with Gasteiger partial charge in [0.15, 0.2) is 0 Å². The van der Waals surface area contributed by atoms with Gasteiger partial charge in [-0.1, -0.05) is 5.16 Å². The van der Waals surface area contributed by atoms with Crippen molar-refractivity contribution in [3.8, 4) is 11.4 Å². The van der Waals surface area contributed by atoms with E-state index in [0.717, 1.165) is 49.3 Å². The first kappa shape index (κ1) is 17.8. The van der Waals surface area contributed by atoms with E-state index in [1.165, 1.54) is 17.4 Å². The fourth-order valence-corrected chi connectivity index (χ4v) is 3.73. The van der Waals surface area contributed by atoms with Crippen LogP contribution in [0.2, 0.25) is 0 Å². The van der Waals surface area contributed by atoms with Gasteiger partial charge in [-0.3, -0.25) is 0 Å². The zero-order valence-electron chi connectivity index (χ0n) is 14.3. The van der Waals surface area contributed by atoms with Gasteiger partial charge in [-0.05, 0) is 42.5 Å². The van der Waals surface area contributed by atoms with Crippen LogP contribution >= 0.6 is 11.3 Å². The Kier molecular flexibility index (Phi) is 4.77. The molecular formula is C18H17F3N4OS. The number of hydrogen-bond acceptors (Lipinski definition) is 6. The molecule has 0 amide bonds. The van der Waals surface area contributed by atoms with E-state index >= 15 is 0 Å². The molecule has 9 heteroatoms. The number of alkyl halides is 3. The van der Waals surface area contributed by atoms with E-state index in [9.17, 15) is 13.2 Å². The molecule has 0 radical (unpaired) electrons. The normalized spacial score (nSPS) is 14.7. The van der Waals surface area contributed by atoms with Crippen LogP contribution in [0.15, 0.2) is 39.5 Å². The van der Waals surface area contributed by atoms with Crippen LogP contribution in [0.25, 0.3) is 11.4 Å². The summed E-state index contributed by atoms with van der Waals surface area (Å²) in [6.45, 7) is 1.82. The van der Waals surface area contributed by atoms with E-state index in [1.54, 1.807) is 0 Å². The minimum atomic E-state index is -4.39. The fraction of sp³-hybridized carbons (Fsp3) is 0.333. The van der Waals surface area contributed by atoms with Gasteiger partial charge in [0.2, 0.25) is 11.7 Å². The molecule has 0 atom stereocenters. The van der Waals surface area contributed by atoms with Gasteiger partial charge in [0.1, 0.15) is 0 Å². The fourth-order valence-electron chi connectivity index (χ4n) is 3.09. The first-order valence-electron chi connectivity index (χ1n) is 8.56. The van der Waals surface area contributed by atoms with Crippen LogP contribution in [-0.2, 0) is 12.7 Å². The molecule has 142 valence electrons. The van der Waals surface area contributed by atoms with Crippen LogP contribution in [0.4, 0.5) is 24.5 Å². The lowest BCUT2D eigenvalue weighted by Gasteiger charge is -2.23. The van der Waals surface area contributed by atoms with E-state index in [-0.39, 0.29) is 6.54 Å². The van der Waals surface area contributed by atoms with Crippen molar-refractivity contribution >= 4 is 22.7 Å². The highest BCUT2D eigenvalue weighted by atomic mass is 32.1. The number of benzene rings is 1. The average Bonchev–Trinajstić information content (AvgIpc) is 3.41. The SMILES string of the molecule is FC(F)(F)c1ccc(N2CCCC2)c(NCc2nc(-c3ccsc3)no2)c1. The maximum Gasteiger partial charge on any atom is 0.416 e. The van der Waals surface area contributed by atoms with Gasteiger partial charge in [-0.25, -0.2) is 0 Å². The topological polar surface area (TPSA) is 54.2 Å². The highest BCUT2D eigenvalue weighted by molar-refractivity contribution is 7.08. The summed E-state index contributed by atoms with van der Waals surface area (Å²) in [4.78, 5) is 6.39. The van der Waals surface area contributed by atoms with E-state index < -0.39 is 11.7 Å². The van der Waals surface area contributed by atoms with Crippen molar-refractivity contribution in [3.05, 3.63) is 46.5 Å². The Morgan fingerprint density at radius 3 is 2.70 bits per heavy atom. The first-order valence-corrected chi connectivity index (χ1v) is 9.50. The summed E-state index contributed by atoms with van der Waals surface area (Å²) in [6.07, 6.45) is -2.32. The quantitative estimate of drug-likeness (QED) is 0.658. The van der Waals surface area contributed by atoms with Gasteiger partial charge < -0.3 is 14.7 Å². The molecule has 1 aliphatic rings. The molecule has 3 heterocycles. The van der Waals surface area contributed by atoms with Crippen LogP contribution < -0.4 is 10.2 Å². The Hall–Kier alpha value is -2.55. The van der Waals surface area contributed by atoms with Crippen molar-refractivity contribution in [2.45, 2.75) is 25.6 Å².